The van der Waals surface area contributed by atoms with Crippen LogP contribution in [0, 0.1) is 27.2 Å². The van der Waals surface area contributed by atoms with Crippen LogP contribution in [0.25, 0.3) is 6.08 Å². The molecule has 1 aliphatic heterocycles. The summed E-state index contributed by atoms with van der Waals surface area (Å²) in [6.45, 7) is 9.06. The van der Waals surface area contributed by atoms with Gasteiger partial charge in [-0.3, -0.25) is 25.0 Å². The SMILES string of the molecule is C.C/C(=C/c1cccc(C)c1)[N+](=O)[O-].C1CCOC1.CC(N)Cc1cccc(CO)c1.CC[N+](=O)[O-].COC(=O)c1cccc(C=O)c1. The number of carbonyl (C=O) groups excluding carboxylic acids is 2. The Kier molecular flexibility index (Phi) is 25.8. The van der Waals surface area contributed by atoms with Crippen LogP contribution in [0.4, 0.5) is 0 Å². The largest absolute Gasteiger partial charge is 0.465 e. The summed E-state index contributed by atoms with van der Waals surface area (Å²) in [5.41, 5.74) is 10.8. The standard InChI is InChI=1S/C10H11NO2.C10H15NO.C9H8O3.C4H8O.C2H5NO2.CH4/c1-8-4-3-5-10(6-8)7-9(2)11(12)13;1-8(11)5-9-3-2-4-10(6-9)7-12;1-12-9(11)8-4-2-3-7(5-8)6-10;1-2-4-5-3-1;1-2-3(4)5;/h3-7H,1-2H3;2-4,6,8,12H,5,7,11H2,1H3;2-6H,1H3;1-4H2;2H2,1H3;1H4/b9-7-;;;;;. The molecule has 1 unspecified atom stereocenters. The second-order valence-corrected chi connectivity index (χ2v) is 10.3. The topological polar surface area (TPSA) is 185 Å². The Hall–Kier alpha value is -4.78. The zero-order valence-corrected chi connectivity index (χ0v) is 27.8. The lowest BCUT2D eigenvalue weighted by Crippen LogP contribution is -2.17. The van der Waals surface area contributed by atoms with Crippen LogP contribution in [0.15, 0.2) is 78.5 Å². The van der Waals surface area contributed by atoms with E-state index in [1.807, 2.05) is 62.4 Å². The molecule has 12 heteroatoms. The fourth-order valence-corrected chi connectivity index (χ4v) is 3.65. The van der Waals surface area contributed by atoms with Gasteiger partial charge in [-0.1, -0.05) is 73.7 Å². The minimum absolute atomic E-state index is 0. The van der Waals surface area contributed by atoms with Gasteiger partial charge in [0.05, 0.1) is 24.2 Å². The molecule has 0 bridgehead atoms. The monoisotopic (exact) mass is 669 g/mol. The van der Waals surface area contributed by atoms with E-state index in [2.05, 4.69) is 4.74 Å². The predicted molar refractivity (Wildman–Crippen MR) is 189 cm³/mol. The third-order valence-corrected chi connectivity index (χ3v) is 5.97. The number of carbonyl (C=O) groups is 2. The van der Waals surface area contributed by atoms with E-state index in [9.17, 15) is 29.8 Å². The highest BCUT2D eigenvalue weighted by Gasteiger charge is 2.04. The third kappa shape index (κ3) is 22.7. The Morgan fingerprint density at radius 1 is 1.00 bits per heavy atom. The summed E-state index contributed by atoms with van der Waals surface area (Å²) < 4.78 is 9.43. The second kappa shape index (κ2) is 27.3. The highest BCUT2D eigenvalue weighted by atomic mass is 16.6. The molecule has 12 nitrogen and oxygen atoms in total. The van der Waals surface area contributed by atoms with Crippen molar-refractivity contribution in [3.63, 3.8) is 0 Å². The number of hydrogen-bond donors (Lipinski definition) is 2. The number of aliphatic hydroxyl groups is 1. The molecule has 0 aliphatic carbocycles. The van der Waals surface area contributed by atoms with Crippen LogP contribution in [0.2, 0.25) is 0 Å². The van der Waals surface area contributed by atoms with Crippen LogP contribution in [0.1, 0.15) is 84.0 Å². The maximum absolute atomic E-state index is 10.9. The smallest absolute Gasteiger partial charge is 0.337 e. The zero-order valence-electron chi connectivity index (χ0n) is 27.8. The van der Waals surface area contributed by atoms with Crippen molar-refractivity contribution in [3.8, 4) is 0 Å². The molecular formula is C36H51N3O9. The number of methoxy groups -OCH3 is 1. The Morgan fingerprint density at radius 2 is 1.56 bits per heavy atom. The Balaban J connectivity index is 0. The number of allylic oxidation sites excluding steroid dienone is 1. The van der Waals surface area contributed by atoms with Crippen LogP contribution in [0.3, 0.4) is 0 Å². The number of ether oxygens (including phenoxy) is 2. The molecule has 1 aliphatic rings. The molecule has 0 radical (unpaired) electrons. The van der Waals surface area contributed by atoms with E-state index >= 15 is 0 Å². The Labute approximate surface area is 283 Å². The van der Waals surface area contributed by atoms with E-state index in [4.69, 9.17) is 15.6 Å². The van der Waals surface area contributed by atoms with Gasteiger partial charge < -0.3 is 20.3 Å². The predicted octanol–water partition coefficient (Wildman–Crippen LogP) is 6.70. The van der Waals surface area contributed by atoms with Crippen molar-refractivity contribution in [2.24, 2.45) is 5.73 Å². The third-order valence-electron chi connectivity index (χ3n) is 5.97. The summed E-state index contributed by atoms with van der Waals surface area (Å²) in [5, 5.41) is 28.4. The van der Waals surface area contributed by atoms with Crippen molar-refractivity contribution in [2.45, 2.75) is 67.0 Å². The Bertz CT molecular complexity index is 1400. The first-order valence-electron chi connectivity index (χ1n) is 15.0. The molecule has 48 heavy (non-hydrogen) atoms. The molecule has 1 heterocycles. The van der Waals surface area contributed by atoms with E-state index in [-0.39, 0.29) is 42.2 Å². The number of nitrogens with two attached hydrogens (primary N) is 1. The molecule has 0 amide bonds. The first-order chi connectivity index (χ1) is 22.4. The minimum Gasteiger partial charge on any atom is -0.465 e. The highest BCUT2D eigenvalue weighted by molar-refractivity contribution is 5.91. The number of aliphatic hydroxyl groups excluding tert-OH is 1. The van der Waals surface area contributed by atoms with Crippen molar-refractivity contribution < 1.29 is 34.0 Å². The molecule has 1 fully saturated rings. The van der Waals surface area contributed by atoms with Crippen molar-refractivity contribution >= 4 is 18.3 Å². The van der Waals surface area contributed by atoms with Crippen LogP contribution in [-0.4, -0.2) is 60.1 Å². The highest BCUT2D eigenvalue weighted by Crippen LogP contribution is 2.09. The molecule has 0 aromatic heterocycles. The quantitative estimate of drug-likeness (QED) is 0.113. The molecule has 3 aromatic rings. The number of nitro groups is 2. The van der Waals surface area contributed by atoms with E-state index in [0.717, 1.165) is 36.3 Å². The lowest BCUT2D eigenvalue weighted by Gasteiger charge is -2.05. The van der Waals surface area contributed by atoms with Gasteiger partial charge in [0, 0.05) is 49.7 Å². The van der Waals surface area contributed by atoms with E-state index < -0.39 is 5.97 Å². The van der Waals surface area contributed by atoms with Gasteiger partial charge in [0.1, 0.15) is 6.29 Å². The van der Waals surface area contributed by atoms with Gasteiger partial charge in [-0.25, -0.2) is 4.79 Å². The molecule has 4 rings (SSSR count). The van der Waals surface area contributed by atoms with Gasteiger partial charge >= 0.3 is 5.97 Å². The number of hydrogen-bond acceptors (Lipinski definition) is 10. The van der Waals surface area contributed by atoms with Crippen molar-refractivity contribution in [3.05, 3.63) is 132 Å². The summed E-state index contributed by atoms with van der Waals surface area (Å²) in [6.07, 6.45) is 5.67. The van der Waals surface area contributed by atoms with Gasteiger partial charge in [0.25, 0.3) is 0 Å². The summed E-state index contributed by atoms with van der Waals surface area (Å²) in [4.78, 5) is 40.0. The van der Waals surface area contributed by atoms with Gasteiger partial charge in [0.2, 0.25) is 12.2 Å². The lowest BCUT2D eigenvalue weighted by molar-refractivity contribution is -0.475. The average Bonchev–Trinajstić information content (AvgIpc) is 3.66. The van der Waals surface area contributed by atoms with Crippen molar-refractivity contribution in [1.82, 2.24) is 0 Å². The Morgan fingerprint density at radius 3 is 2.02 bits per heavy atom. The van der Waals surface area contributed by atoms with Crippen LogP contribution in [-0.2, 0) is 22.5 Å². The number of benzene rings is 3. The molecule has 264 valence electrons. The molecule has 1 atom stereocenters. The summed E-state index contributed by atoms with van der Waals surface area (Å²) >= 11 is 0. The van der Waals surface area contributed by atoms with Crippen molar-refractivity contribution in [2.75, 3.05) is 26.9 Å². The number of nitrogens with zero attached hydrogens (tertiary/aromatic N) is 2. The van der Waals surface area contributed by atoms with E-state index in [1.165, 1.54) is 45.4 Å². The first-order valence-corrected chi connectivity index (χ1v) is 15.0. The van der Waals surface area contributed by atoms with Gasteiger partial charge in [-0.15, -0.1) is 0 Å². The normalized spacial score (nSPS) is 11.9. The van der Waals surface area contributed by atoms with Gasteiger partial charge in [-0.2, -0.15) is 0 Å². The molecule has 1 saturated heterocycles. The number of aryl methyl sites for hydroxylation is 1. The summed E-state index contributed by atoms with van der Waals surface area (Å²) in [6, 6.07) is 22.0. The maximum Gasteiger partial charge on any atom is 0.337 e. The molecule has 0 spiro atoms. The summed E-state index contributed by atoms with van der Waals surface area (Å²) in [7, 11) is 1.30. The number of esters is 1. The first kappa shape index (κ1) is 45.3. The molecule has 3 N–H and O–H groups in total. The van der Waals surface area contributed by atoms with Crippen molar-refractivity contribution in [1.29, 1.82) is 0 Å². The van der Waals surface area contributed by atoms with Gasteiger partial charge in [-0.05, 0) is 61.9 Å². The van der Waals surface area contributed by atoms with E-state index in [0.29, 0.717) is 17.4 Å². The molecular weight excluding hydrogens is 618 g/mol. The van der Waals surface area contributed by atoms with E-state index in [1.54, 1.807) is 24.3 Å². The molecule has 0 saturated carbocycles. The number of aldehydes is 1. The zero-order chi connectivity index (χ0) is 35.6. The van der Waals surface area contributed by atoms with Gasteiger partial charge in [0.15, 0.2) is 0 Å². The minimum atomic E-state index is -0.432. The van der Waals surface area contributed by atoms with Crippen LogP contribution >= 0.6 is 0 Å². The van der Waals surface area contributed by atoms with Crippen LogP contribution < -0.4 is 5.73 Å². The summed E-state index contributed by atoms with van der Waals surface area (Å²) in [5.74, 6) is -0.432. The second-order valence-electron chi connectivity index (χ2n) is 10.3. The van der Waals surface area contributed by atoms with Crippen LogP contribution in [0.5, 0.6) is 0 Å². The maximum atomic E-state index is 10.9. The molecule has 3 aromatic carbocycles. The lowest BCUT2D eigenvalue weighted by atomic mass is 10.1. The number of rotatable bonds is 8. The average molecular weight is 670 g/mol. The fourth-order valence-electron chi connectivity index (χ4n) is 3.65. The fraction of sp³-hybridized carbons (Fsp3) is 0.389.